The summed E-state index contributed by atoms with van der Waals surface area (Å²) < 4.78 is 2.26. The molecule has 3 aromatic rings. The summed E-state index contributed by atoms with van der Waals surface area (Å²) in [5, 5.41) is 11.0. The number of piperidine rings is 1. The third kappa shape index (κ3) is 4.46. The number of hydrogen-bond donors (Lipinski definition) is 1. The molecule has 0 atom stereocenters. The number of carbonyl (C=O) groups excluding carboxylic acids is 1. The number of rotatable bonds is 4. The Hall–Kier alpha value is -3.38. The van der Waals surface area contributed by atoms with Crippen molar-refractivity contribution < 1.29 is 14.7 Å². The third-order valence-corrected chi connectivity index (χ3v) is 9.92. The number of benzene rings is 2. The average Bonchev–Trinajstić information content (AvgIpc) is 3.60. The smallest absolute Gasteiger partial charge is 0.335 e. The molecule has 4 aliphatic rings. The minimum absolute atomic E-state index is 0.123. The van der Waals surface area contributed by atoms with Gasteiger partial charge in [0.1, 0.15) is 0 Å². The van der Waals surface area contributed by atoms with Crippen LogP contribution < -0.4 is 0 Å². The zero-order valence-corrected chi connectivity index (χ0v) is 23.3. The van der Waals surface area contributed by atoms with E-state index in [-0.39, 0.29) is 5.91 Å². The van der Waals surface area contributed by atoms with Gasteiger partial charge in [-0.25, -0.2) is 4.79 Å². The molecule has 3 aliphatic heterocycles. The molecular weight excluding hydrogens is 498 g/mol. The molecule has 1 aliphatic carbocycles. The molecule has 1 saturated carbocycles. The van der Waals surface area contributed by atoms with Crippen LogP contribution in [0.2, 0.25) is 0 Å². The van der Waals surface area contributed by atoms with Gasteiger partial charge in [-0.15, -0.1) is 0 Å². The zero-order valence-electron chi connectivity index (χ0n) is 23.3. The molecule has 208 valence electrons. The van der Waals surface area contributed by atoms with Gasteiger partial charge < -0.3 is 19.5 Å². The summed E-state index contributed by atoms with van der Waals surface area (Å²) in [5.41, 5.74) is 6.75. The Morgan fingerprint density at radius 3 is 2.33 bits per heavy atom. The number of carboxylic acid groups (broad SMARTS) is 1. The number of hydrogen-bond acceptors (Lipinski definition) is 3. The van der Waals surface area contributed by atoms with Crippen LogP contribution >= 0.6 is 0 Å². The molecule has 0 spiro atoms. The van der Waals surface area contributed by atoms with E-state index >= 15 is 0 Å². The number of nitrogens with zero attached hydrogens (tertiary/aromatic N) is 3. The minimum Gasteiger partial charge on any atom is -0.478 e. The first-order valence-electron chi connectivity index (χ1n) is 15.3. The maximum atomic E-state index is 14.1. The Kier molecular flexibility index (Phi) is 6.74. The fraction of sp³-hybridized carbons (Fsp3) is 0.471. The van der Waals surface area contributed by atoms with Crippen LogP contribution in [0.5, 0.6) is 0 Å². The van der Waals surface area contributed by atoms with Crippen LogP contribution in [-0.4, -0.2) is 63.6 Å². The molecule has 2 saturated heterocycles. The van der Waals surface area contributed by atoms with E-state index in [1.165, 1.54) is 56.5 Å². The number of aromatic nitrogens is 1. The molecule has 3 fully saturated rings. The second kappa shape index (κ2) is 10.5. The average molecular weight is 538 g/mol. The molecule has 2 aromatic carbocycles. The van der Waals surface area contributed by atoms with Crippen LogP contribution in [0.1, 0.15) is 85.2 Å². The standard InChI is InChI=1S/C34H39N3O3/c38-33(36-18-14-27(15-19-36)35-16-6-7-17-35)26-20-24-10-4-5-11-28(24)32-31(23-8-2-1-3-9-23)29-13-12-25(34(39)40)21-30(29)37(32)22-26/h4-5,10-13,20-21,23,27H,1-3,6-9,14-19,22H2,(H,39,40). The third-order valence-electron chi connectivity index (χ3n) is 9.92. The van der Waals surface area contributed by atoms with E-state index in [1.54, 1.807) is 6.07 Å². The lowest BCUT2D eigenvalue weighted by Gasteiger charge is -2.37. The highest BCUT2D eigenvalue weighted by Gasteiger charge is 2.33. The molecule has 0 radical (unpaired) electrons. The summed E-state index contributed by atoms with van der Waals surface area (Å²) in [6.07, 6.45) is 12.8. The molecule has 0 bridgehead atoms. The number of likely N-dealkylation sites (tertiary alicyclic amines) is 2. The largest absolute Gasteiger partial charge is 0.478 e. The topological polar surface area (TPSA) is 65.8 Å². The number of aromatic carboxylic acids is 1. The Labute approximate surface area is 236 Å². The van der Waals surface area contributed by atoms with Crippen molar-refractivity contribution in [2.24, 2.45) is 0 Å². The SMILES string of the molecule is O=C(O)c1ccc2c(C3CCCCC3)c3n(c2c1)CC(C(=O)N1CCC(N2CCCC2)CC1)=Cc1ccccc1-3. The number of carbonyl (C=O) groups is 2. The van der Waals surface area contributed by atoms with Gasteiger partial charge in [-0.3, -0.25) is 4.79 Å². The highest BCUT2D eigenvalue weighted by atomic mass is 16.4. The van der Waals surface area contributed by atoms with Gasteiger partial charge in [-0.1, -0.05) is 49.6 Å². The van der Waals surface area contributed by atoms with Crippen LogP contribution in [0.4, 0.5) is 0 Å². The van der Waals surface area contributed by atoms with Crippen molar-refractivity contribution in [3.63, 3.8) is 0 Å². The van der Waals surface area contributed by atoms with Crippen LogP contribution in [0.3, 0.4) is 0 Å². The second-order valence-corrected chi connectivity index (χ2v) is 12.2. The molecule has 7 rings (SSSR count). The lowest BCUT2D eigenvalue weighted by Crippen LogP contribution is -2.46. The van der Waals surface area contributed by atoms with Crippen molar-refractivity contribution in [2.75, 3.05) is 26.2 Å². The fourth-order valence-corrected chi connectivity index (χ4v) is 7.88. The van der Waals surface area contributed by atoms with Gasteiger partial charge >= 0.3 is 5.97 Å². The van der Waals surface area contributed by atoms with Gasteiger partial charge in [0.25, 0.3) is 5.91 Å². The first-order chi connectivity index (χ1) is 19.6. The van der Waals surface area contributed by atoms with Gasteiger partial charge in [0, 0.05) is 41.2 Å². The van der Waals surface area contributed by atoms with E-state index in [9.17, 15) is 14.7 Å². The maximum absolute atomic E-state index is 14.1. The van der Waals surface area contributed by atoms with Gasteiger partial charge in [0.15, 0.2) is 0 Å². The van der Waals surface area contributed by atoms with Crippen molar-refractivity contribution in [3.05, 3.63) is 64.7 Å². The summed E-state index contributed by atoms with van der Waals surface area (Å²) in [5.74, 6) is -0.352. The fourth-order valence-electron chi connectivity index (χ4n) is 7.88. The summed E-state index contributed by atoms with van der Waals surface area (Å²) in [6, 6.07) is 14.6. The molecule has 6 heteroatoms. The van der Waals surface area contributed by atoms with E-state index in [1.807, 2.05) is 12.1 Å². The molecular formula is C34H39N3O3. The van der Waals surface area contributed by atoms with E-state index < -0.39 is 5.97 Å². The summed E-state index contributed by atoms with van der Waals surface area (Å²) in [4.78, 5) is 30.8. The minimum atomic E-state index is -0.918. The molecule has 1 N–H and O–H groups in total. The summed E-state index contributed by atoms with van der Waals surface area (Å²) in [7, 11) is 0. The van der Waals surface area contributed by atoms with Crippen molar-refractivity contribution >= 4 is 28.9 Å². The Morgan fingerprint density at radius 2 is 1.57 bits per heavy atom. The number of amides is 1. The lowest BCUT2D eigenvalue weighted by atomic mass is 9.81. The molecule has 0 unspecified atom stereocenters. The maximum Gasteiger partial charge on any atom is 0.335 e. The molecule has 40 heavy (non-hydrogen) atoms. The zero-order chi connectivity index (χ0) is 27.2. The first-order valence-corrected chi connectivity index (χ1v) is 15.3. The van der Waals surface area contributed by atoms with Crippen LogP contribution in [-0.2, 0) is 11.3 Å². The van der Waals surface area contributed by atoms with Crippen molar-refractivity contribution in [2.45, 2.75) is 76.3 Å². The molecule has 1 amide bonds. The Bertz CT molecular complexity index is 1480. The highest BCUT2D eigenvalue weighted by molar-refractivity contribution is 6.03. The van der Waals surface area contributed by atoms with Crippen molar-refractivity contribution in [1.82, 2.24) is 14.4 Å². The Balaban J connectivity index is 1.30. The van der Waals surface area contributed by atoms with Gasteiger partial charge in [-0.05, 0) is 86.9 Å². The number of fused-ring (bicyclic) bond motifs is 5. The van der Waals surface area contributed by atoms with Gasteiger partial charge in [-0.2, -0.15) is 0 Å². The van der Waals surface area contributed by atoms with Crippen molar-refractivity contribution in [3.8, 4) is 11.3 Å². The molecule has 6 nitrogen and oxygen atoms in total. The van der Waals surface area contributed by atoms with E-state index in [2.05, 4.69) is 44.7 Å². The normalized spacial score (nSPS) is 20.7. The second-order valence-electron chi connectivity index (χ2n) is 12.2. The van der Waals surface area contributed by atoms with Crippen molar-refractivity contribution in [1.29, 1.82) is 0 Å². The predicted molar refractivity (Wildman–Crippen MR) is 159 cm³/mol. The predicted octanol–water partition coefficient (Wildman–Crippen LogP) is 6.54. The summed E-state index contributed by atoms with van der Waals surface area (Å²) >= 11 is 0. The Morgan fingerprint density at radius 1 is 0.825 bits per heavy atom. The molecule has 4 heterocycles. The lowest BCUT2D eigenvalue weighted by molar-refractivity contribution is -0.128. The van der Waals surface area contributed by atoms with Gasteiger partial charge in [0.2, 0.25) is 0 Å². The van der Waals surface area contributed by atoms with E-state index in [0.717, 1.165) is 66.4 Å². The molecule has 1 aromatic heterocycles. The van der Waals surface area contributed by atoms with E-state index in [4.69, 9.17) is 0 Å². The van der Waals surface area contributed by atoms with Gasteiger partial charge in [0.05, 0.1) is 17.8 Å². The summed E-state index contributed by atoms with van der Waals surface area (Å²) in [6.45, 7) is 4.46. The quantitative estimate of drug-likeness (QED) is 0.411. The van der Waals surface area contributed by atoms with Crippen LogP contribution in [0.15, 0.2) is 48.0 Å². The van der Waals surface area contributed by atoms with E-state index in [0.29, 0.717) is 24.1 Å². The van der Waals surface area contributed by atoms with Crippen LogP contribution in [0.25, 0.3) is 28.2 Å². The first kappa shape index (κ1) is 25.6. The van der Waals surface area contributed by atoms with Crippen LogP contribution in [0, 0.1) is 0 Å². The highest BCUT2D eigenvalue weighted by Crippen LogP contribution is 2.46. The number of carboxylic acids is 1. The monoisotopic (exact) mass is 537 g/mol.